The molecule has 0 aromatic heterocycles. The van der Waals surface area contributed by atoms with Crippen LogP contribution in [0, 0.1) is 0 Å². The van der Waals surface area contributed by atoms with Crippen LogP contribution in [0.25, 0.3) is 0 Å². The average Bonchev–Trinajstić information content (AvgIpc) is 3.22. The quantitative estimate of drug-likeness (QED) is 0.642. The fraction of sp³-hybridized carbons (Fsp3) is 0.556. The van der Waals surface area contributed by atoms with Crippen molar-refractivity contribution in [2.75, 3.05) is 42.6 Å². The summed E-state index contributed by atoms with van der Waals surface area (Å²) in [6.45, 7) is 3.50. The topological polar surface area (TPSA) is 116 Å². The number of nitrogens with one attached hydrogen (secondary N) is 1. The highest BCUT2D eigenvalue weighted by atomic mass is 32.2. The minimum absolute atomic E-state index is 0.00332. The number of benzene rings is 1. The Balaban J connectivity index is 1.54. The van der Waals surface area contributed by atoms with Gasteiger partial charge in [0.2, 0.25) is 5.91 Å². The van der Waals surface area contributed by atoms with Crippen LogP contribution in [-0.4, -0.2) is 80.3 Å². The van der Waals surface area contributed by atoms with E-state index >= 15 is 0 Å². The molecule has 2 N–H and O–H groups in total. The molecule has 0 unspecified atom stereocenters. The second-order valence-electron chi connectivity index (χ2n) is 6.99. The molecule has 2 heterocycles. The maximum Gasteiger partial charge on any atom is 0.404 e. The van der Waals surface area contributed by atoms with Crippen molar-refractivity contribution in [3.05, 3.63) is 24.3 Å². The summed E-state index contributed by atoms with van der Waals surface area (Å²) in [6.07, 6.45) is -0.465. The van der Waals surface area contributed by atoms with Gasteiger partial charge in [-0.15, -0.1) is 0 Å². The van der Waals surface area contributed by atoms with E-state index in [1.165, 1.54) is 0 Å². The van der Waals surface area contributed by atoms with Crippen LogP contribution >= 0.6 is 0 Å². The molecule has 28 heavy (non-hydrogen) atoms. The fourth-order valence-corrected chi connectivity index (χ4v) is 4.95. The molecular formula is C18H25N3O6S. The number of hydrogen-bond donors (Lipinski definition) is 2. The molecule has 2 saturated heterocycles. The number of rotatable bonds is 8. The smallest absolute Gasteiger partial charge is 0.404 e. The summed E-state index contributed by atoms with van der Waals surface area (Å²) in [5.74, 6) is -0.560. The van der Waals surface area contributed by atoms with Crippen LogP contribution in [0.15, 0.2) is 24.3 Å². The average molecular weight is 411 g/mol. The molecule has 2 fully saturated rings. The first-order valence-corrected chi connectivity index (χ1v) is 11.1. The number of carbonyl (C=O) groups excluding carboxylic acids is 1. The van der Waals surface area contributed by atoms with Gasteiger partial charge in [-0.05, 0) is 37.6 Å². The molecule has 2 aliphatic rings. The van der Waals surface area contributed by atoms with Gasteiger partial charge < -0.3 is 25.0 Å². The predicted molar refractivity (Wildman–Crippen MR) is 104 cm³/mol. The Hall–Kier alpha value is -2.49. The van der Waals surface area contributed by atoms with Crippen molar-refractivity contribution >= 4 is 27.5 Å². The Morgan fingerprint density at radius 2 is 1.93 bits per heavy atom. The van der Waals surface area contributed by atoms with Gasteiger partial charge in [0, 0.05) is 31.4 Å². The number of sulfone groups is 1. The Bertz CT molecular complexity index is 826. The van der Waals surface area contributed by atoms with Crippen LogP contribution in [0.4, 0.5) is 10.5 Å². The van der Waals surface area contributed by atoms with Gasteiger partial charge >= 0.3 is 6.09 Å². The second-order valence-corrected chi connectivity index (χ2v) is 9.18. The molecule has 0 saturated carbocycles. The van der Waals surface area contributed by atoms with E-state index in [0.29, 0.717) is 19.7 Å². The molecule has 2 aliphatic heterocycles. The number of anilines is 1. The molecule has 3 rings (SSSR count). The maximum absolute atomic E-state index is 12.5. The van der Waals surface area contributed by atoms with Gasteiger partial charge in [-0.2, -0.15) is 0 Å². The van der Waals surface area contributed by atoms with Crippen LogP contribution in [-0.2, 0) is 14.6 Å². The number of ether oxygens (including phenoxy) is 1. The Kier molecular flexibility index (Phi) is 5.97. The third-order valence-electron chi connectivity index (χ3n) is 5.07. The number of nitrogens with zero attached hydrogens (tertiary/aromatic N) is 2. The zero-order chi connectivity index (χ0) is 20.3. The molecule has 2 atom stereocenters. The third-order valence-corrected chi connectivity index (χ3v) is 6.59. The lowest BCUT2D eigenvalue weighted by Gasteiger charge is -2.35. The number of piperazine rings is 1. The van der Waals surface area contributed by atoms with E-state index in [4.69, 9.17) is 9.84 Å². The third kappa shape index (κ3) is 4.67. The van der Waals surface area contributed by atoms with Crippen molar-refractivity contribution in [1.82, 2.24) is 10.2 Å². The lowest BCUT2D eigenvalue weighted by atomic mass is 10.2. The molecule has 1 aromatic rings. The highest BCUT2D eigenvalue weighted by Crippen LogP contribution is 2.35. The molecule has 9 nitrogen and oxygen atoms in total. The predicted octanol–water partition coefficient (Wildman–Crippen LogP) is 0.557. The van der Waals surface area contributed by atoms with Crippen molar-refractivity contribution in [3.8, 4) is 5.75 Å². The molecule has 0 aliphatic carbocycles. The lowest BCUT2D eigenvalue weighted by Crippen LogP contribution is -2.50. The number of fused-ring (bicyclic) bond motifs is 2. The van der Waals surface area contributed by atoms with Crippen molar-refractivity contribution in [1.29, 1.82) is 0 Å². The summed E-state index contributed by atoms with van der Waals surface area (Å²) < 4.78 is 29.6. The molecule has 1 aromatic carbocycles. The van der Waals surface area contributed by atoms with E-state index < -0.39 is 27.6 Å². The van der Waals surface area contributed by atoms with Crippen LogP contribution < -0.4 is 15.0 Å². The fourth-order valence-electron chi connectivity index (χ4n) is 3.85. The SMILES string of the molecule is CCOc1ccc(N2C[C@@H]3C[C@H]2CN3C(=O)CS(=O)(=O)CCNC(=O)O)cc1. The Labute approximate surface area is 164 Å². The zero-order valence-electron chi connectivity index (χ0n) is 15.7. The lowest BCUT2D eigenvalue weighted by molar-refractivity contribution is -0.129. The standard InChI is InChI=1S/C18H25N3O6S/c1-2-27-16-5-3-13(4-6-16)20-10-15-9-14(20)11-21(15)17(22)12-28(25,26)8-7-19-18(23)24/h3-6,14-15,19H,2,7-12H2,1H3,(H,23,24)/t14-,15-/m0/s1. The highest BCUT2D eigenvalue weighted by Gasteiger charge is 2.45. The number of carbonyl (C=O) groups is 2. The van der Waals surface area contributed by atoms with Gasteiger partial charge in [-0.3, -0.25) is 4.79 Å². The summed E-state index contributed by atoms with van der Waals surface area (Å²) in [6, 6.07) is 8.01. The molecule has 10 heteroatoms. The van der Waals surface area contributed by atoms with Crippen molar-refractivity contribution in [2.24, 2.45) is 0 Å². The molecule has 0 radical (unpaired) electrons. The summed E-state index contributed by atoms with van der Waals surface area (Å²) >= 11 is 0. The monoisotopic (exact) mass is 411 g/mol. The van der Waals surface area contributed by atoms with E-state index in [1.54, 1.807) is 4.90 Å². The molecule has 0 spiro atoms. The van der Waals surface area contributed by atoms with Gasteiger partial charge in [0.05, 0.1) is 18.4 Å². The summed E-state index contributed by atoms with van der Waals surface area (Å²) in [5, 5.41) is 10.5. The number of hydrogen-bond acceptors (Lipinski definition) is 6. The van der Waals surface area contributed by atoms with Crippen LogP contribution in [0.2, 0.25) is 0 Å². The summed E-state index contributed by atoms with van der Waals surface area (Å²) in [7, 11) is -3.65. The van der Waals surface area contributed by atoms with Gasteiger partial charge in [0.15, 0.2) is 9.84 Å². The molecule has 2 amide bonds. The van der Waals surface area contributed by atoms with E-state index in [0.717, 1.165) is 17.9 Å². The van der Waals surface area contributed by atoms with E-state index in [-0.39, 0.29) is 24.4 Å². The van der Waals surface area contributed by atoms with Crippen LogP contribution in [0.3, 0.4) is 0 Å². The van der Waals surface area contributed by atoms with E-state index in [2.05, 4.69) is 4.90 Å². The first kappa shape index (κ1) is 20.2. The summed E-state index contributed by atoms with van der Waals surface area (Å²) in [5.41, 5.74) is 1.07. The Morgan fingerprint density at radius 1 is 1.21 bits per heavy atom. The van der Waals surface area contributed by atoms with Gasteiger partial charge in [0.1, 0.15) is 11.5 Å². The van der Waals surface area contributed by atoms with Crippen molar-refractivity contribution < 1.29 is 27.9 Å². The normalized spacial score (nSPS) is 21.0. The van der Waals surface area contributed by atoms with Crippen molar-refractivity contribution in [3.63, 3.8) is 0 Å². The van der Waals surface area contributed by atoms with Gasteiger partial charge in [0.25, 0.3) is 0 Å². The van der Waals surface area contributed by atoms with Crippen LogP contribution in [0.5, 0.6) is 5.75 Å². The minimum atomic E-state index is -3.65. The number of likely N-dealkylation sites (tertiary alicyclic amines) is 1. The van der Waals surface area contributed by atoms with E-state index in [1.807, 2.05) is 36.5 Å². The van der Waals surface area contributed by atoms with Gasteiger partial charge in [-0.25, -0.2) is 13.2 Å². The van der Waals surface area contributed by atoms with Gasteiger partial charge in [-0.1, -0.05) is 0 Å². The maximum atomic E-state index is 12.5. The van der Waals surface area contributed by atoms with E-state index in [9.17, 15) is 18.0 Å². The van der Waals surface area contributed by atoms with Crippen molar-refractivity contribution in [2.45, 2.75) is 25.4 Å². The summed E-state index contributed by atoms with van der Waals surface area (Å²) in [4.78, 5) is 26.8. The molecule has 154 valence electrons. The largest absolute Gasteiger partial charge is 0.494 e. The zero-order valence-corrected chi connectivity index (χ0v) is 16.5. The molecular weight excluding hydrogens is 386 g/mol. The molecule has 2 bridgehead atoms. The second kappa shape index (κ2) is 8.26. The first-order valence-electron chi connectivity index (χ1n) is 9.25. The Morgan fingerprint density at radius 3 is 2.50 bits per heavy atom. The van der Waals surface area contributed by atoms with Crippen LogP contribution in [0.1, 0.15) is 13.3 Å². The number of amides is 2. The number of carboxylic acid groups (broad SMARTS) is 1. The highest BCUT2D eigenvalue weighted by molar-refractivity contribution is 7.92. The first-order chi connectivity index (χ1) is 13.3. The minimum Gasteiger partial charge on any atom is -0.494 e.